The zero-order valence-electron chi connectivity index (χ0n) is 11.4. The van der Waals surface area contributed by atoms with Crippen LogP contribution in [0.25, 0.3) is 0 Å². The third kappa shape index (κ3) is 3.53. The van der Waals surface area contributed by atoms with Crippen molar-refractivity contribution in [1.82, 2.24) is 15.2 Å². The second-order valence-corrected chi connectivity index (χ2v) is 6.26. The smallest absolute Gasteiger partial charge is 0.407 e. The molecule has 22 heavy (non-hydrogen) atoms. The number of rotatable bonds is 4. The maximum atomic E-state index is 12.4. The van der Waals surface area contributed by atoms with Gasteiger partial charge in [0.25, 0.3) is 10.0 Å². The molecule has 0 atom stereocenters. The largest absolute Gasteiger partial charge is 0.433 e. The molecule has 0 fully saturated rings. The van der Waals surface area contributed by atoms with Crippen LogP contribution in [0.3, 0.4) is 0 Å². The molecule has 0 spiro atoms. The van der Waals surface area contributed by atoms with Gasteiger partial charge in [0.15, 0.2) is 0 Å². The highest BCUT2D eigenvalue weighted by Crippen LogP contribution is 2.28. The van der Waals surface area contributed by atoms with Crippen LogP contribution in [0.15, 0.2) is 27.6 Å². The van der Waals surface area contributed by atoms with Gasteiger partial charge in [0.05, 0.1) is 0 Å². The summed E-state index contributed by atoms with van der Waals surface area (Å²) in [5.74, 6) is 0.127. The number of nitrogens with zero attached hydrogens (tertiary/aromatic N) is 3. The Morgan fingerprint density at radius 3 is 2.36 bits per heavy atom. The van der Waals surface area contributed by atoms with Crippen LogP contribution in [0.1, 0.15) is 31.4 Å². The highest BCUT2D eigenvalue weighted by molar-refractivity contribution is 7.92. The Morgan fingerprint density at radius 1 is 1.23 bits per heavy atom. The molecule has 0 unspecified atom stereocenters. The zero-order valence-corrected chi connectivity index (χ0v) is 12.2. The van der Waals surface area contributed by atoms with E-state index in [9.17, 15) is 21.6 Å². The van der Waals surface area contributed by atoms with Crippen LogP contribution in [-0.2, 0) is 16.2 Å². The van der Waals surface area contributed by atoms with Crippen molar-refractivity contribution in [2.24, 2.45) is 0 Å². The predicted octanol–water partition coefficient (Wildman–Crippen LogP) is 2.41. The molecule has 0 saturated carbocycles. The number of hydrogen-bond acceptors (Lipinski definition) is 6. The molecular weight excluding hydrogens is 325 g/mol. The maximum absolute atomic E-state index is 12.4. The molecule has 0 aliphatic rings. The SMILES string of the molecule is CC(C)c1nnc(NS(=O)(=O)c2ccc(C(F)(F)F)nc2)o1. The monoisotopic (exact) mass is 336 g/mol. The summed E-state index contributed by atoms with van der Waals surface area (Å²) < 4.78 is 68.2. The summed E-state index contributed by atoms with van der Waals surface area (Å²) in [6, 6.07) is 0.989. The first kappa shape index (κ1) is 16.2. The predicted molar refractivity (Wildman–Crippen MR) is 68.4 cm³/mol. The third-order valence-electron chi connectivity index (χ3n) is 2.49. The lowest BCUT2D eigenvalue weighted by molar-refractivity contribution is -0.141. The summed E-state index contributed by atoms with van der Waals surface area (Å²) >= 11 is 0. The van der Waals surface area contributed by atoms with Gasteiger partial charge in [-0.15, -0.1) is 5.10 Å². The van der Waals surface area contributed by atoms with Crippen molar-refractivity contribution in [3.63, 3.8) is 0 Å². The van der Waals surface area contributed by atoms with Crippen molar-refractivity contribution in [3.8, 4) is 0 Å². The number of alkyl halides is 3. The summed E-state index contributed by atoms with van der Waals surface area (Å²) in [4.78, 5) is 2.63. The Morgan fingerprint density at radius 2 is 1.91 bits per heavy atom. The fraction of sp³-hybridized carbons (Fsp3) is 0.364. The second-order valence-electron chi connectivity index (χ2n) is 4.58. The average molecular weight is 336 g/mol. The number of pyridine rings is 1. The van der Waals surface area contributed by atoms with E-state index in [0.717, 1.165) is 6.07 Å². The minimum atomic E-state index is -4.64. The van der Waals surface area contributed by atoms with Crippen molar-refractivity contribution in [2.75, 3.05) is 4.72 Å². The minimum absolute atomic E-state index is 0.0986. The highest BCUT2D eigenvalue weighted by Gasteiger charge is 2.32. The quantitative estimate of drug-likeness (QED) is 0.921. The van der Waals surface area contributed by atoms with E-state index in [1.807, 2.05) is 4.72 Å². The molecule has 2 aromatic rings. The fourth-order valence-corrected chi connectivity index (χ4v) is 2.26. The maximum Gasteiger partial charge on any atom is 0.433 e. The van der Waals surface area contributed by atoms with Crippen LogP contribution in [0.4, 0.5) is 19.2 Å². The van der Waals surface area contributed by atoms with E-state index in [1.54, 1.807) is 13.8 Å². The van der Waals surface area contributed by atoms with Gasteiger partial charge < -0.3 is 4.42 Å². The number of hydrogen-bond donors (Lipinski definition) is 1. The summed E-state index contributed by atoms with van der Waals surface area (Å²) in [5.41, 5.74) is -1.19. The van der Waals surface area contributed by atoms with Gasteiger partial charge in [-0.3, -0.25) is 4.98 Å². The van der Waals surface area contributed by atoms with Gasteiger partial charge in [0, 0.05) is 12.1 Å². The first-order valence-electron chi connectivity index (χ1n) is 5.99. The third-order valence-corrected chi connectivity index (χ3v) is 3.80. The van der Waals surface area contributed by atoms with Crippen LogP contribution < -0.4 is 4.72 Å². The standard InChI is InChI=1S/C11H11F3N4O3S/c1-6(2)9-16-17-10(21-9)18-22(19,20)7-3-4-8(15-5-7)11(12,13)14/h3-6H,1-2H3,(H,17,18). The van der Waals surface area contributed by atoms with Crippen molar-refractivity contribution in [3.05, 3.63) is 29.9 Å². The molecule has 0 aliphatic carbocycles. The molecule has 11 heteroatoms. The first-order chi connectivity index (χ1) is 10.1. The van der Waals surface area contributed by atoms with Crippen LogP contribution in [0.2, 0.25) is 0 Å². The number of aromatic nitrogens is 3. The van der Waals surface area contributed by atoms with Crippen molar-refractivity contribution < 1.29 is 26.0 Å². The minimum Gasteiger partial charge on any atom is -0.407 e. The molecule has 7 nitrogen and oxygen atoms in total. The lowest BCUT2D eigenvalue weighted by Crippen LogP contribution is -2.15. The number of nitrogens with one attached hydrogen (secondary N) is 1. The van der Waals surface area contributed by atoms with Gasteiger partial charge in [0.1, 0.15) is 10.6 Å². The Hall–Kier alpha value is -2.17. The summed E-state index contributed by atoms with van der Waals surface area (Å²) in [7, 11) is -4.16. The molecule has 2 aromatic heterocycles. The molecule has 2 heterocycles. The van der Waals surface area contributed by atoms with Gasteiger partial charge in [-0.2, -0.15) is 13.2 Å². The second kappa shape index (κ2) is 5.55. The van der Waals surface area contributed by atoms with E-state index >= 15 is 0 Å². The molecular formula is C11H11F3N4O3S. The molecule has 2 rings (SSSR count). The van der Waals surface area contributed by atoms with Gasteiger partial charge >= 0.3 is 12.2 Å². The van der Waals surface area contributed by atoms with Crippen LogP contribution in [0, 0.1) is 0 Å². The van der Waals surface area contributed by atoms with Crippen LogP contribution in [-0.4, -0.2) is 23.6 Å². The normalized spacial score (nSPS) is 12.6. The fourth-order valence-electron chi connectivity index (χ4n) is 1.39. The summed E-state index contributed by atoms with van der Waals surface area (Å²) in [6.45, 7) is 3.54. The lowest BCUT2D eigenvalue weighted by Gasteiger charge is -2.07. The van der Waals surface area contributed by atoms with Crippen molar-refractivity contribution in [1.29, 1.82) is 0 Å². The molecule has 0 amide bonds. The Labute approximate surface area is 123 Å². The molecule has 0 saturated heterocycles. The van der Waals surface area contributed by atoms with Gasteiger partial charge in [-0.05, 0) is 12.1 Å². The van der Waals surface area contributed by atoms with Gasteiger partial charge in [0.2, 0.25) is 5.89 Å². The molecule has 0 bridgehead atoms. The average Bonchev–Trinajstić information content (AvgIpc) is 2.86. The van der Waals surface area contributed by atoms with E-state index in [2.05, 4.69) is 15.2 Å². The summed E-state index contributed by atoms with van der Waals surface area (Å²) in [5, 5.41) is 7.13. The number of halogens is 3. The Bertz CT molecular complexity index is 754. The topological polar surface area (TPSA) is 98.0 Å². The molecule has 0 aromatic carbocycles. The zero-order chi connectivity index (χ0) is 16.5. The Balaban J connectivity index is 2.22. The van der Waals surface area contributed by atoms with E-state index in [-0.39, 0.29) is 17.8 Å². The van der Waals surface area contributed by atoms with Gasteiger partial charge in [-0.25, -0.2) is 13.1 Å². The van der Waals surface area contributed by atoms with Crippen molar-refractivity contribution >= 4 is 16.0 Å². The highest BCUT2D eigenvalue weighted by atomic mass is 32.2. The van der Waals surface area contributed by atoms with E-state index < -0.39 is 26.8 Å². The molecule has 0 radical (unpaired) electrons. The van der Waals surface area contributed by atoms with Crippen molar-refractivity contribution in [2.45, 2.75) is 30.8 Å². The Kier molecular flexibility index (Phi) is 4.09. The first-order valence-corrected chi connectivity index (χ1v) is 7.47. The number of sulfonamides is 1. The van der Waals surface area contributed by atoms with E-state index in [0.29, 0.717) is 12.3 Å². The molecule has 120 valence electrons. The van der Waals surface area contributed by atoms with Gasteiger partial charge in [-0.1, -0.05) is 18.9 Å². The van der Waals surface area contributed by atoms with Crippen LogP contribution >= 0.6 is 0 Å². The van der Waals surface area contributed by atoms with Crippen LogP contribution in [0.5, 0.6) is 0 Å². The van der Waals surface area contributed by atoms with E-state index in [1.165, 1.54) is 0 Å². The molecule has 0 aliphatic heterocycles. The number of anilines is 1. The lowest BCUT2D eigenvalue weighted by atomic mass is 10.2. The molecule has 1 N–H and O–H groups in total. The summed E-state index contributed by atoms with van der Waals surface area (Å²) in [6.07, 6.45) is -4.04. The van der Waals surface area contributed by atoms with E-state index in [4.69, 9.17) is 4.42 Å².